The maximum Gasteiger partial charge on any atom is 0.387 e. The summed E-state index contributed by atoms with van der Waals surface area (Å²) in [6.07, 6.45) is 1.15. The number of nitrogens with zero attached hydrogens (tertiary/aromatic N) is 1. The van der Waals surface area contributed by atoms with Crippen molar-refractivity contribution in [2.24, 2.45) is 5.73 Å². The average Bonchev–Trinajstić information content (AvgIpc) is 2.49. The second kappa shape index (κ2) is 7.96. The molecule has 2 rings (SSSR count). The van der Waals surface area contributed by atoms with E-state index >= 15 is 0 Å². The van der Waals surface area contributed by atoms with Gasteiger partial charge in [-0.2, -0.15) is 20.5 Å². The van der Waals surface area contributed by atoms with Gasteiger partial charge in [-0.15, -0.1) is 0 Å². The molecule has 0 radical (unpaired) electrons. The van der Waals surface area contributed by atoms with Crippen LogP contribution in [0.15, 0.2) is 24.3 Å². The van der Waals surface area contributed by atoms with Crippen molar-refractivity contribution in [1.29, 1.82) is 0 Å². The Morgan fingerprint density at radius 2 is 2.10 bits per heavy atom. The van der Waals surface area contributed by atoms with E-state index in [-0.39, 0.29) is 11.8 Å². The van der Waals surface area contributed by atoms with E-state index in [1.807, 2.05) is 23.9 Å². The number of thioether (sulfide) groups is 1. The first-order valence-electron chi connectivity index (χ1n) is 7.24. The monoisotopic (exact) mass is 316 g/mol. The molecule has 1 saturated heterocycles. The van der Waals surface area contributed by atoms with Gasteiger partial charge in [-0.1, -0.05) is 19.1 Å². The van der Waals surface area contributed by atoms with Crippen molar-refractivity contribution in [3.8, 4) is 5.75 Å². The van der Waals surface area contributed by atoms with Crippen LogP contribution in [-0.4, -0.2) is 42.1 Å². The van der Waals surface area contributed by atoms with Crippen molar-refractivity contribution in [3.63, 3.8) is 0 Å². The van der Waals surface area contributed by atoms with Gasteiger partial charge >= 0.3 is 6.61 Å². The van der Waals surface area contributed by atoms with Crippen LogP contribution in [-0.2, 0) is 0 Å². The van der Waals surface area contributed by atoms with E-state index in [2.05, 4.69) is 16.6 Å². The van der Waals surface area contributed by atoms with Crippen LogP contribution in [0.1, 0.15) is 24.9 Å². The molecule has 1 aromatic rings. The van der Waals surface area contributed by atoms with Gasteiger partial charge in [-0.25, -0.2) is 0 Å². The van der Waals surface area contributed by atoms with Gasteiger partial charge < -0.3 is 10.5 Å². The lowest BCUT2D eigenvalue weighted by Gasteiger charge is -2.37. The number of hydrogen-bond acceptors (Lipinski definition) is 4. The van der Waals surface area contributed by atoms with E-state index in [1.165, 1.54) is 0 Å². The first-order chi connectivity index (χ1) is 10.1. The van der Waals surface area contributed by atoms with Crippen LogP contribution in [0.3, 0.4) is 0 Å². The van der Waals surface area contributed by atoms with Gasteiger partial charge in [0.25, 0.3) is 0 Å². The minimum atomic E-state index is -2.79. The lowest BCUT2D eigenvalue weighted by atomic mass is 10.0. The van der Waals surface area contributed by atoms with Crippen molar-refractivity contribution >= 4 is 11.8 Å². The third-order valence-electron chi connectivity index (χ3n) is 3.78. The third-order valence-corrected chi connectivity index (χ3v) is 5.15. The maximum atomic E-state index is 12.2. The molecule has 0 amide bonds. The largest absolute Gasteiger partial charge is 0.435 e. The van der Waals surface area contributed by atoms with E-state index in [0.29, 0.717) is 11.8 Å². The summed E-state index contributed by atoms with van der Waals surface area (Å²) in [5.41, 5.74) is 7.00. The molecule has 0 aromatic heterocycles. The summed E-state index contributed by atoms with van der Waals surface area (Å²) in [5.74, 6) is 1.30. The van der Waals surface area contributed by atoms with Gasteiger partial charge in [0.15, 0.2) is 0 Å². The van der Waals surface area contributed by atoms with Crippen molar-refractivity contribution in [2.75, 3.05) is 25.4 Å². The summed E-state index contributed by atoms with van der Waals surface area (Å²) < 4.78 is 28.7. The molecule has 0 bridgehead atoms. The Morgan fingerprint density at radius 1 is 1.38 bits per heavy atom. The molecule has 2 atom stereocenters. The van der Waals surface area contributed by atoms with Crippen molar-refractivity contribution in [2.45, 2.75) is 31.2 Å². The van der Waals surface area contributed by atoms with Crippen LogP contribution >= 0.6 is 11.8 Å². The predicted octanol–water partition coefficient (Wildman–Crippen LogP) is 3.12. The summed E-state index contributed by atoms with van der Waals surface area (Å²) in [6.45, 7) is 1.98. The smallest absolute Gasteiger partial charge is 0.387 e. The fourth-order valence-corrected chi connectivity index (χ4v) is 3.85. The number of alkyl halides is 2. The zero-order valence-corrected chi connectivity index (χ0v) is 13.0. The Morgan fingerprint density at radius 3 is 2.67 bits per heavy atom. The quantitative estimate of drug-likeness (QED) is 0.875. The summed E-state index contributed by atoms with van der Waals surface area (Å²) in [4.78, 5) is 2.40. The number of hydrogen-bond donors (Lipinski definition) is 1. The fourth-order valence-electron chi connectivity index (χ4n) is 2.64. The van der Waals surface area contributed by atoms with E-state index in [1.54, 1.807) is 12.1 Å². The molecule has 1 aliphatic heterocycles. The molecule has 0 spiro atoms. The Hall–Kier alpha value is -0.850. The Kier molecular flexibility index (Phi) is 6.26. The number of halogens is 2. The fraction of sp³-hybridized carbons (Fsp3) is 0.600. The highest BCUT2D eigenvalue weighted by Gasteiger charge is 2.25. The Labute approximate surface area is 128 Å². The van der Waals surface area contributed by atoms with Crippen LogP contribution in [0.2, 0.25) is 0 Å². The minimum Gasteiger partial charge on any atom is -0.435 e. The highest BCUT2D eigenvalue weighted by molar-refractivity contribution is 8.00. The standard InChI is InChI=1S/C15H22F2N2OS/c1-2-13-10-19(7-8-21-13)14(9-18)11-3-5-12(6-4-11)20-15(16)17/h3-6,13-15H,2,7-10,18H2,1H3. The first-order valence-corrected chi connectivity index (χ1v) is 8.29. The Balaban J connectivity index is 2.06. The summed E-state index contributed by atoms with van der Waals surface area (Å²) in [7, 11) is 0. The number of rotatable bonds is 6. The molecule has 0 aliphatic carbocycles. The minimum absolute atomic E-state index is 0.139. The summed E-state index contributed by atoms with van der Waals surface area (Å²) in [6, 6.07) is 6.97. The molecule has 1 aromatic carbocycles. The van der Waals surface area contributed by atoms with Crippen LogP contribution < -0.4 is 10.5 Å². The SMILES string of the molecule is CCC1CN(C(CN)c2ccc(OC(F)F)cc2)CCS1. The predicted molar refractivity (Wildman–Crippen MR) is 83.0 cm³/mol. The second-order valence-corrected chi connectivity index (χ2v) is 6.50. The van der Waals surface area contributed by atoms with Crippen molar-refractivity contribution < 1.29 is 13.5 Å². The van der Waals surface area contributed by atoms with Gasteiger partial charge in [0.2, 0.25) is 0 Å². The van der Waals surface area contributed by atoms with Crippen LogP contribution in [0.5, 0.6) is 5.75 Å². The maximum absolute atomic E-state index is 12.2. The Bertz CT molecular complexity index is 430. The van der Waals surface area contributed by atoms with Gasteiger partial charge in [0, 0.05) is 36.7 Å². The van der Waals surface area contributed by atoms with Gasteiger partial charge in [0.05, 0.1) is 0 Å². The molecule has 0 saturated carbocycles. The van der Waals surface area contributed by atoms with Gasteiger partial charge in [-0.05, 0) is 24.1 Å². The second-order valence-electron chi connectivity index (χ2n) is 5.10. The van der Waals surface area contributed by atoms with Gasteiger partial charge in [-0.3, -0.25) is 4.90 Å². The summed E-state index contributed by atoms with van der Waals surface area (Å²) >= 11 is 2.01. The number of benzene rings is 1. The lowest BCUT2D eigenvalue weighted by Crippen LogP contribution is -2.42. The molecule has 3 nitrogen and oxygen atoms in total. The van der Waals surface area contributed by atoms with Crippen LogP contribution in [0.25, 0.3) is 0 Å². The molecule has 21 heavy (non-hydrogen) atoms. The third kappa shape index (κ3) is 4.56. The van der Waals surface area contributed by atoms with Crippen LogP contribution in [0.4, 0.5) is 8.78 Å². The van der Waals surface area contributed by atoms with E-state index in [9.17, 15) is 8.78 Å². The lowest BCUT2D eigenvalue weighted by molar-refractivity contribution is -0.0498. The van der Waals surface area contributed by atoms with E-state index in [0.717, 1.165) is 30.8 Å². The molecule has 1 fully saturated rings. The van der Waals surface area contributed by atoms with Crippen molar-refractivity contribution in [1.82, 2.24) is 4.90 Å². The average molecular weight is 316 g/mol. The zero-order valence-electron chi connectivity index (χ0n) is 12.2. The molecule has 1 heterocycles. The van der Waals surface area contributed by atoms with E-state index < -0.39 is 6.61 Å². The highest BCUT2D eigenvalue weighted by Crippen LogP contribution is 2.29. The molecular formula is C15H22F2N2OS. The number of ether oxygens (including phenoxy) is 1. The number of nitrogens with two attached hydrogens (primary N) is 1. The topological polar surface area (TPSA) is 38.5 Å². The molecule has 1 aliphatic rings. The summed E-state index contributed by atoms with van der Waals surface area (Å²) in [5, 5.41) is 0.647. The molecular weight excluding hydrogens is 294 g/mol. The first kappa shape index (κ1) is 16.5. The van der Waals surface area contributed by atoms with Gasteiger partial charge in [0.1, 0.15) is 5.75 Å². The van der Waals surface area contributed by atoms with Crippen molar-refractivity contribution in [3.05, 3.63) is 29.8 Å². The van der Waals surface area contributed by atoms with Crippen LogP contribution in [0, 0.1) is 0 Å². The molecule has 2 N–H and O–H groups in total. The molecule has 2 unspecified atom stereocenters. The molecule has 6 heteroatoms. The van der Waals surface area contributed by atoms with E-state index in [4.69, 9.17) is 5.73 Å². The highest BCUT2D eigenvalue weighted by atomic mass is 32.2. The zero-order chi connectivity index (χ0) is 15.2. The molecule has 118 valence electrons. The normalized spacial score (nSPS) is 21.5.